The fourth-order valence-electron chi connectivity index (χ4n) is 3.01. The molecule has 1 aliphatic rings. The number of nitrogens with zero attached hydrogens (tertiary/aromatic N) is 2. The number of hydrogen-bond acceptors (Lipinski definition) is 5. The number of carbonyl (C=O) groups excluding carboxylic acids is 2. The van der Waals surface area contributed by atoms with Gasteiger partial charge in [-0.1, -0.05) is 13.8 Å². The molecule has 0 N–H and O–H groups in total. The van der Waals surface area contributed by atoms with E-state index in [4.69, 9.17) is 4.74 Å². The maximum absolute atomic E-state index is 12.9. The topological polar surface area (TPSA) is 84.0 Å². The van der Waals surface area contributed by atoms with Crippen LogP contribution in [0.2, 0.25) is 0 Å². The second-order valence-corrected chi connectivity index (χ2v) is 8.80. The predicted octanol–water partition coefficient (Wildman–Crippen LogP) is 2.52. The van der Waals surface area contributed by atoms with Gasteiger partial charge >= 0.3 is 5.97 Å². The molecule has 0 atom stereocenters. The molecule has 0 heterocycles. The van der Waals surface area contributed by atoms with E-state index in [1.807, 2.05) is 0 Å². The molecule has 1 aliphatic carbocycles. The lowest BCUT2D eigenvalue weighted by Gasteiger charge is -2.23. The Kier molecular flexibility index (Phi) is 8.00. The minimum Gasteiger partial charge on any atom is -0.466 e. The summed E-state index contributed by atoms with van der Waals surface area (Å²) in [6, 6.07) is 6.04. The van der Waals surface area contributed by atoms with Crippen molar-refractivity contribution in [1.82, 2.24) is 9.21 Å². The summed E-state index contributed by atoms with van der Waals surface area (Å²) in [4.78, 5) is 26.4. The van der Waals surface area contributed by atoms with Gasteiger partial charge in [0.15, 0.2) is 0 Å². The fourth-order valence-corrected chi connectivity index (χ4v) is 4.47. The third-order valence-electron chi connectivity index (χ3n) is 4.80. The molecular formula is C20H30N2O5S. The molecule has 1 aromatic rings. The molecule has 8 heteroatoms. The number of amides is 1. The van der Waals surface area contributed by atoms with E-state index in [1.165, 1.54) is 16.4 Å². The van der Waals surface area contributed by atoms with Crippen molar-refractivity contribution < 1.29 is 22.7 Å². The molecule has 0 saturated heterocycles. The van der Waals surface area contributed by atoms with E-state index >= 15 is 0 Å². The quantitative estimate of drug-likeness (QED) is 0.524. The first-order valence-corrected chi connectivity index (χ1v) is 11.3. The third-order valence-corrected chi connectivity index (χ3v) is 6.86. The van der Waals surface area contributed by atoms with Crippen LogP contribution in [0.4, 0.5) is 0 Å². The number of esters is 1. The van der Waals surface area contributed by atoms with Gasteiger partial charge in [-0.05, 0) is 49.9 Å². The monoisotopic (exact) mass is 410 g/mol. The maximum Gasteiger partial charge on any atom is 0.307 e. The highest BCUT2D eigenvalue weighted by Crippen LogP contribution is 2.30. The van der Waals surface area contributed by atoms with Crippen molar-refractivity contribution in [2.24, 2.45) is 5.92 Å². The summed E-state index contributed by atoms with van der Waals surface area (Å²) >= 11 is 0. The van der Waals surface area contributed by atoms with Crippen LogP contribution in [0.25, 0.3) is 0 Å². The highest BCUT2D eigenvalue weighted by Gasteiger charge is 2.28. The Morgan fingerprint density at radius 3 is 2.18 bits per heavy atom. The molecule has 1 fully saturated rings. The molecule has 0 spiro atoms. The molecule has 156 valence electrons. The molecule has 7 nitrogen and oxygen atoms in total. The van der Waals surface area contributed by atoms with E-state index in [0.29, 0.717) is 44.3 Å². The van der Waals surface area contributed by atoms with Crippen molar-refractivity contribution >= 4 is 21.9 Å². The smallest absolute Gasteiger partial charge is 0.307 e. The summed E-state index contributed by atoms with van der Waals surface area (Å²) in [7, 11) is -3.55. The molecule has 1 amide bonds. The van der Waals surface area contributed by atoms with Gasteiger partial charge in [0.2, 0.25) is 10.0 Å². The summed E-state index contributed by atoms with van der Waals surface area (Å²) in [5.74, 6) is -0.0341. The lowest BCUT2D eigenvalue weighted by molar-refractivity contribution is -0.143. The van der Waals surface area contributed by atoms with Crippen LogP contribution in [-0.4, -0.2) is 62.3 Å². The molecule has 0 radical (unpaired) electrons. The van der Waals surface area contributed by atoms with Gasteiger partial charge < -0.3 is 9.64 Å². The molecule has 0 aromatic heterocycles. The normalized spacial score (nSPS) is 14.1. The van der Waals surface area contributed by atoms with E-state index in [0.717, 1.165) is 12.8 Å². The van der Waals surface area contributed by atoms with Crippen molar-refractivity contribution in [3.63, 3.8) is 0 Å². The van der Waals surface area contributed by atoms with Crippen molar-refractivity contribution in [2.75, 3.05) is 32.8 Å². The standard InChI is InChI=1S/C20H30N2O5S/c1-4-22(5-2)28(25,26)18-11-9-17(10-12-18)20(24)21(15-16-7-8-16)14-13-19(23)27-6-3/h9-12,16H,4-8,13-15H2,1-3H3. The molecule has 0 aliphatic heterocycles. The van der Waals surface area contributed by atoms with E-state index in [-0.39, 0.29) is 23.2 Å². The first kappa shape index (κ1) is 22.4. The van der Waals surface area contributed by atoms with E-state index in [1.54, 1.807) is 37.8 Å². The van der Waals surface area contributed by atoms with Crippen molar-refractivity contribution in [1.29, 1.82) is 0 Å². The number of carbonyl (C=O) groups is 2. The Bertz CT molecular complexity index is 768. The largest absolute Gasteiger partial charge is 0.466 e. The Labute approximate surface area is 167 Å². The van der Waals surface area contributed by atoms with Gasteiger partial charge in [-0.2, -0.15) is 4.31 Å². The second-order valence-electron chi connectivity index (χ2n) is 6.86. The lowest BCUT2D eigenvalue weighted by Crippen LogP contribution is -2.35. The van der Waals surface area contributed by atoms with Crippen LogP contribution < -0.4 is 0 Å². The summed E-state index contributed by atoms with van der Waals surface area (Å²) in [6.07, 6.45) is 2.33. The van der Waals surface area contributed by atoms with Gasteiger partial charge in [0.25, 0.3) is 5.91 Å². The van der Waals surface area contributed by atoms with Crippen LogP contribution in [-0.2, 0) is 19.6 Å². The number of hydrogen-bond donors (Lipinski definition) is 0. The zero-order valence-electron chi connectivity index (χ0n) is 16.9. The van der Waals surface area contributed by atoms with Gasteiger partial charge in [-0.25, -0.2) is 8.42 Å². The summed E-state index contributed by atoms with van der Waals surface area (Å²) in [5, 5.41) is 0. The van der Waals surface area contributed by atoms with Gasteiger partial charge in [-0.3, -0.25) is 9.59 Å². The Balaban J connectivity index is 2.12. The average Bonchev–Trinajstić information content (AvgIpc) is 3.50. The SMILES string of the molecule is CCOC(=O)CCN(CC1CC1)C(=O)c1ccc(S(=O)(=O)N(CC)CC)cc1. The number of benzene rings is 1. The third kappa shape index (κ3) is 5.78. The van der Waals surface area contributed by atoms with Crippen molar-refractivity contribution in [2.45, 2.75) is 44.9 Å². The van der Waals surface area contributed by atoms with Crippen LogP contribution in [0.15, 0.2) is 29.2 Å². The molecule has 1 saturated carbocycles. The first-order chi connectivity index (χ1) is 13.3. The number of rotatable bonds is 11. The zero-order chi connectivity index (χ0) is 20.7. The van der Waals surface area contributed by atoms with Gasteiger partial charge in [0.05, 0.1) is 17.9 Å². The van der Waals surface area contributed by atoms with E-state index in [2.05, 4.69) is 0 Å². The lowest BCUT2D eigenvalue weighted by atomic mass is 10.2. The highest BCUT2D eigenvalue weighted by atomic mass is 32.2. The molecule has 0 unspecified atom stereocenters. The zero-order valence-corrected chi connectivity index (χ0v) is 17.7. The number of ether oxygens (including phenoxy) is 1. The van der Waals surface area contributed by atoms with Gasteiger partial charge in [0.1, 0.15) is 0 Å². The summed E-state index contributed by atoms with van der Waals surface area (Å²) < 4.78 is 31.5. The molecule has 0 bridgehead atoms. The first-order valence-electron chi connectivity index (χ1n) is 9.88. The molecule has 28 heavy (non-hydrogen) atoms. The second kappa shape index (κ2) is 10.0. The van der Waals surface area contributed by atoms with Gasteiger partial charge in [-0.15, -0.1) is 0 Å². The van der Waals surface area contributed by atoms with Crippen LogP contribution in [0.3, 0.4) is 0 Å². The minimum atomic E-state index is -3.55. The fraction of sp³-hybridized carbons (Fsp3) is 0.600. The molecule has 1 aromatic carbocycles. The van der Waals surface area contributed by atoms with Crippen LogP contribution >= 0.6 is 0 Å². The maximum atomic E-state index is 12.9. The number of sulfonamides is 1. The Morgan fingerprint density at radius 1 is 1.07 bits per heavy atom. The minimum absolute atomic E-state index is 0.153. The summed E-state index contributed by atoms with van der Waals surface area (Å²) in [6.45, 7) is 7.34. The van der Waals surface area contributed by atoms with Crippen LogP contribution in [0.5, 0.6) is 0 Å². The van der Waals surface area contributed by atoms with Crippen LogP contribution in [0, 0.1) is 5.92 Å². The van der Waals surface area contributed by atoms with E-state index in [9.17, 15) is 18.0 Å². The molecular weight excluding hydrogens is 380 g/mol. The summed E-state index contributed by atoms with van der Waals surface area (Å²) in [5.41, 5.74) is 0.419. The highest BCUT2D eigenvalue weighted by molar-refractivity contribution is 7.89. The Hall–Kier alpha value is -1.93. The van der Waals surface area contributed by atoms with E-state index < -0.39 is 10.0 Å². The van der Waals surface area contributed by atoms with Crippen LogP contribution in [0.1, 0.15) is 50.4 Å². The predicted molar refractivity (Wildman–Crippen MR) is 106 cm³/mol. The van der Waals surface area contributed by atoms with Gasteiger partial charge in [0, 0.05) is 31.7 Å². The molecule has 2 rings (SSSR count). The Morgan fingerprint density at radius 2 is 1.68 bits per heavy atom. The van der Waals surface area contributed by atoms with Crippen molar-refractivity contribution in [3.8, 4) is 0 Å². The average molecular weight is 411 g/mol. The van der Waals surface area contributed by atoms with Crippen molar-refractivity contribution in [3.05, 3.63) is 29.8 Å².